The number of fused-ring (bicyclic) bond motifs is 2. The Bertz CT molecular complexity index is 1280. The minimum atomic E-state index is -4.83. The molecule has 1 aliphatic carbocycles. The maximum absolute atomic E-state index is 13.0. The third-order valence-electron chi connectivity index (χ3n) is 6.87. The number of ether oxygens (including phenoxy) is 1. The molecule has 5 rings (SSSR count). The molecule has 0 bridgehead atoms. The van der Waals surface area contributed by atoms with Gasteiger partial charge in [-0.25, -0.2) is 13.1 Å². The lowest BCUT2D eigenvalue weighted by Crippen LogP contribution is -2.44. The van der Waals surface area contributed by atoms with Gasteiger partial charge in [-0.2, -0.15) is 0 Å². The van der Waals surface area contributed by atoms with Crippen molar-refractivity contribution in [3.63, 3.8) is 0 Å². The van der Waals surface area contributed by atoms with E-state index in [1.54, 1.807) is 0 Å². The zero-order valence-electron chi connectivity index (χ0n) is 19.5. The molecule has 0 saturated heterocycles. The van der Waals surface area contributed by atoms with Crippen molar-refractivity contribution in [1.29, 1.82) is 0 Å². The van der Waals surface area contributed by atoms with Gasteiger partial charge in [-0.15, -0.1) is 13.2 Å². The molecule has 0 radical (unpaired) electrons. The number of sulfonamides is 1. The van der Waals surface area contributed by atoms with Crippen LogP contribution in [-0.4, -0.2) is 26.9 Å². The second-order valence-corrected chi connectivity index (χ2v) is 11.0. The molecule has 1 fully saturated rings. The first kappa shape index (κ1) is 24.6. The van der Waals surface area contributed by atoms with Crippen LogP contribution in [0.1, 0.15) is 36.8 Å². The molecule has 2 aliphatic rings. The number of alkyl halides is 3. The highest BCUT2D eigenvalue weighted by molar-refractivity contribution is 7.89. The van der Waals surface area contributed by atoms with Crippen molar-refractivity contribution in [3.05, 3.63) is 83.9 Å². The Balaban J connectivity index is 1.37. The molecule has 0 amide bonds. The van der Waals surface area contributed by atoms with Crippen molar-refractivity contribution in [2.24, 2.45) is 0 Å². The average Bonchev–Trinajstić information content (AvgIpc) is 3.00. The third kappa shape index (κ3) is 5.37. The van der Waals surface area contributed by atoms with Gasteiger partial charge >= 0.3 is 6.36 Å². The molecule has 3 aromatic rings. The fraction of sp³-hybridized carbons (Fsp3) is 0.333. The quantitative estimate of drug-likeness (QED) is 0.445. The summed E-state index contributed by atoms with van der Waals surface area (Å²) in [5.41, 5.74) is 4.88. The third-order valence-corrected chi connectivity index (χ3v) is 8.40. The first-order chi connectivity index (χ1) is 17.2. The molecule has 1 N–H and O–H groups in total. The van der Waals surface area contributed by atoms with Crippen molar-refractivity contribution < 1.29 is 26.3 Å². The van der Waals surface area contributed by atoms with Crippen LogP contribution in [-0.2, 0) is 22.9 Å². The van der Waals surface area contributed by atoms with E-state index in [9.17, 15) is 21.6 Å². The average molecular weight is 517 g/mol. The van der Waals surface area contributed by atoms with E-state index in [1.165, 1.54) is 11.1 Å². The van der Waals surface area contributed by atoms with Gasteiger partial charge in [-0.05, 0) is 86.1 Å². The van der Waals surface area contributed by atoms with Crippen LogP contribution in [0.5, 0.6) is 5.75 Å². The van der Waals surface area contributed by atoms with Gasteiger partial charge in [-0.1, -0.05) is 36.4 Å². The summed E-state index contributed by atoms with van der Waals surface area (Å²) in [6.45, 7) is 0. The number of halogens is 3. The largest absolute Gasteiger partial charge is 0.573 e. The lowest BCUT2D eigenvalue weighted by Gasteiger charge is -2.40. The van der Waals surface area contributed by atoms with E-state index >= 15 is 0 Å². The number of aryl methyl sites for hydroxylation is 2. The standard InChI is InChI=1S/C27H27F3N2O3S/c28-27(29,30)35-23-14-16-24(17-15-23)36(33,34)31-21-8-5-9-22(18-21)32-25-10-3-1-6-19(25)12-13-20-7-2-4-11-26(20)32/h1-4,6-7,10-11,14-17,21-22,31H,5,8-9,12-13,18H2/t21-,22+/m1/s1. The van der Waals surface area contributed by atoms with Crippen LogP contribution in [0, 0.1) is 0 Å². The van der Waals surface area contributed by atoms with Gasteiger partial charge in [0.15, 0.2) is 0 Å². The van der Waals surface area contributed by atoms with Crippen molar-refractivity contribution in [1.82, 2.24) is 4.72 Å². The van der Waals surface area contributed by atoms with Crippen LogP contribution in [0.3, 0.4) is 0 Å². The lowest BCUT2D eigenvalue weighted by atomic mass is 9.89. The Hall–Kier alpha value is -3.04. The fourth-order valence-electron chi connectivity index (χ4n) is 5.32. The minimum Gasteiger partial charge on any atom is -0.406 e. The first-order valence-corrected chi connectivity index (χ1v) is 13.5. The van der Waals surface area contributed by atoms with Crippen LogP contribution in [0.4, 0.5) is 24.5 Å². The zero-order valence-corrected chi connectivity index (χ0v) is 20.4. The van der Waals surface area contributed by atoms with E-state index in [2.05, 4.69) is 50.8 Å². The summed E-state index contributed by atoms with van der Waals surface area (Å²) in [4.78, 5) is 2.28. The van der Waals surface area contributed by atoms with E-state index in [-0.39, 0.29) is 17.0 Å². The molecule has 1 aliphatic heterocycles. The Morgan fingerprint density at radius 3 is 2.00 bits per heavy atom. The second kappa shape index (κ2) is 9.78. The summed E-state index contributed by atoms with van der Waals surface area (Å²) in [6.07, 6.45) is 0.169. The Labute approximate surface area is 208 Å². The Morgan fingerprint density at radius 1 is 0.833 bits per heavy atom. The maximum atomic E-state index is 13.0. The van der Waals surface area contributed by atoms with E-state index in [0.29, 0.717) is 12.8 Å². The number of nitrogens with zero attached hydrogens (tertiary/aromatic N) is 1. The maximum Gasteiger partial charge on any atom is 0.573 e. The van der Waals surface area contributed by atoms with Crippen molar-refractivity contribution in [2.45, 2.75) is 61.9 Å². The van der Waals surface area contributed by atoms with Crippen LogP contribution in [0.15, 0.2) is 77.7 Å². The van der Waals surface area contributed by atoms with Crippen molar-refractivity contribution >= 4 is 21.4 Å². The van der Waals surface area contributed by atoms with Crippen LogP contribution < -0.4 is 14.4 Å². The molecule has 190 valence electrons. The van der Waals surface area contributed by atoms with E-state index in [4.69, 9.17) is 0 Å². The highest BCUT2D eigenvalue weighted by Crippen LogP contribution is 2.41. The predicted molar refractivity (Wildman–Crippen MR) is 132 cm³/mol. The Kier molecular flexibility index (Phi) is 6.70. The number of rotatable bonds is 5. The van der Waals surface area contributed by atoms with Crippen LogP contribution >= 0.6 is 0 Å². The van der Waals surface area contributed by atoms with E-state index in [1.807, 2.05) is 12.1 Å². The van der Waals surface area contributed by atoms with Gasteiger partial charge in [0.05, 0.1) is 4.90 Å². The first-order valence-electron chi connectivity index (χ1n) is 12.0. The molecule has 0 unspecified atom stereocenters. The minimum absolute atomic E-state index is 0.0930. The van der Waals surface area contributed by atoms with Gasteiger partial charge in [0.1, 0.15) is 5.75 Å². The number of hydrogen-bond acceptors (Lipinski definition) is 4. The topological polar surface area (TPSA) is 58.6 Å². The monoisotopic (exact) mass is 516 g/mol. The molecular weight excluding hydrogens is 489 g/mol. The van der Waals surface area contributed by atoms with E-state index in [0.717, 1.165) is 61.3 Å². The second-order valence-electron chi connectivity index (χ2n) is 9.29. The van der Waals surface area contributed by atoms with Gasteiger partial charge in [-0.3, -0.25) is 0 Å². The number of benzene rings is 3. The van der Waals surface area contributed by atoms with Gasteiger partial charge < -0.3 is 9.64 Å². The zero-order chi connectivity index (χ0) is 25.3. The number of anilines is 2. The normalized spacial score (nSPS) is 20.2. The summed E-state index contributed by atoms with van der Waals surface area (Å²) in [5.74, 6) is -0.460. The summed E-state index contributed by atoms with van der Waals surface area (Å²) < 4.78 is 70.0. The van der Waals surface area contributed by atoms with Crippen molar-refractivity contribution in [2.75, 3.05) is 4.90 Å². The highest BCUT2D eigenvalue weighted by atomic mass is 32.2. The molecule has 1 heterocycles. The lowest BCUT2D eigenvalue weighted by molar-refractivity contribution is -0.274. The fourth-order valence-corrected chi connectivity index (χ4v) is 6.60. The molecule has 5 nitrogen and oxygen atoms in total. The van der Waals surface area contributed by atoms with Gasteiger partial charge in [0.2, 0.25) is 10.0 Å². The molecule has 3 aromatic carbocycles. The van der Waals surface area contributed by atoms with Crippen LogP contribution in [0.25, 0.3) is 0 Å². The van der Waals surface area contributed by atoms with Crippen LogP contribution in [0.2, 0.25) is 0 Å². The number of hydrogen-bond donors (Lipinski definition) is 1. The molecule has 0 spiro atoms. The SMILES string of the molecule is O=S(=O)(N[C@@H]1CCC[C@H](N2c3ccccc3CCc3ccccc32)C1)c1ccc(OC(F)(F)F)cc1. The van der Waals surface area contributed by atoms with Gasteiger partial charge in [0.25, 0.3) is 0 Å². The summed E-state index contributed by atoms with van der Waals surface area (Å²) >= 11 is 0. The molecule has 0 aromatic heterocycles. The van der Waals surface area contributed by atoms with E-state index < -0.39 is 22.1 Å². The molecule has 9 heteroatoms. The summed E-state index contributed by atoms with van der Waals surface area (Å²) in [5, 5.41) is 0. The predicted octanol–water partition coefficient (Wildman–Crippen LogP) is 6.11. The molecule has 36 heavy (non-hydrogen) atoms. The smallest absolute Gasteiger partial charge is 0.406 e. The molecule has 2 atom stereocenters. The summed E-state index contributed by atoms with van der Waals surface area (Å²) in [6, 6.07) is 20.9. The molecule has 1 saturated carbocycles. The Morgan fingerprint density at radius 2 is 1.42 bits per heavy atom. The van der Waals surface area contributed by atoms with Crippen molar-refractivity contribution in [3.8, 4) is 5.75 Å². The number of para-hydroxylation sites is 2. The summed E-state index contributed by atoms with van der Waals surface area (Å²) in [7, 11) is -3.91. The van der Waals surface area contributed by atoms with Gasteiger partial charge in [0, 0.05) is 23.5 Å². The number of nitrogens with one attached hydrogen (secondary N) is 1. The highest BCUT2D eigenvalue weighted by Gasteiger charge is 2.34. The molecular formula is C27H27F3N2O3S.